The number of aryl methyl sites for hydroxylation is 1. The van der Waals surface area contributed by atoms with Crippen LogP contribution in [0.2, 0.25) is 0 Å². The van der Waals surface area contributed by atoms with E-state index in [1.165, 1.54) is 0 Å². The summed E-state index contributed by atoms with van der Waals surface area (Å²) in [5, 5.41) is 0. The van der Waals surface area contributed by atoms with Crippen LogP contribution in [0.5, 0.6) is 0 Å². The lowest BCUT2D eigenvalue weighted by atomic mass is 10.1. The first-order chi connectivity index (χ1) is 8.10. The van der Waals surface area contributed by atoms with E-state index in [4.69, 9.17) is 17.3 Å². The Labute approximate surface area is 119 Å². The second kappa shape index (κ2) is 8.72. The fourth-order valence-corrected chi connectivity index (χ4v) is 2.56. The van der Waals surface area contributed by atoms with Gasteiger partial charge in [-0.15, -0.1) is 24.0 Å². The van der Waals surface area contributed by atoms with Crippen LogP contribution in [-0.2, 0) is 16.4 Å². The van der Waals surface area contributed by atoms with Crippen molar-refractivity contribution in [3.63, 3.8) is 0 Å². The molecule has 0 fully saturated rings. The zero-order valence-corrected chi connectivity index (χ0v) is 12.3. The summed E-state index contributed by atoms with van der Waals surface area (Å²) in [5.41, 5.74) is 6.34. The van der Waals surface area contributed by atoms with Crippen LogP contribution in [0.15, 0.2) is 29.2 Å². The van der Waals surface area contributed by atoms with Gasteiger partial charge >= 0.3 is 0 Å². The number of hydrogen-bond acceptors (Lipinski definition) is 3. The van der Waals surface area contributed by atoms with Crippen molar-refractivity contribution in [1.82, 2.24) is 4.72 Å². The summed E-state index contributed by atoms with van der Waals surface area (Å²) in [6.07, 6.45) is 1.75. The third kappa shape index (κ3) is 5.54. The molecule has 0 aliphatic rings. The van der Waals surface area contributed by atoms with Crippen LogP contribution < -0.4 is 10.5 Å². The lowest BCUT2D eigenvalue weighted by Gasteiger charge is -2.06. The van der Waals surface area contributed by atoms with Crippen LogP contribution in [0.3, 0.4) is 0 Å². The van der Waals surface area contributed by atoms with E-state index < -0.39 is 10.0 Å². The molecule has 0 bridgehead atoms. The van der Waals surface area contributed by atoms with Crippen LogP contribution in [0, 0.1) is 0 Å². The second-order valence-electron chi connectivity index (χ2n) is 3.62. The van der Waals surface area contributed by atoms with Gasteiger partial charge in [0.15, 0.2) is 0 Å². The molecule has 0 spiro atoms. The fraction of sp³-hybridized carbons (Fsp3) is 0.455. The molecule has 0 unspecified atom stereocenters. The van der Waals surface area contributed by atoms with Gasteiger partial charge < -0.3 is 5.73 Å². The highest BCUT2D eigenvalue weighted by Crippen LogP contribution is 2.11. The van der Waals surface area contributed by atoms with Crippen molar-refractivity contribution in [2.75, 3.05) is 19.0 Å². The predicted molar refractivity (Wildman–Crippen MR) is 77.0 cm³/mol. The highest BCUT2D eigenvalue weighted by molar-refractivity contribution is 7.89. The van der Waals surface area contributed by atoms with Crippen LogP contribution in [0.25, 0.3) is 0 Å². The van der Waals surface area contributed by atoms with Gasteiger partial charge in [-0.2, -0.15) is 0 Å². The number of nitrogens with one attached hydrogen (secondary N) is 1. The molecule has 0 aromatic heterocycles. The Kier molecular flexibility index (Phi) is 8.56. The van der Waals surface area contributed by atoms with Gasteiger partial charge in [-0.05, 0) is 30.5 Å². The third-order valence-corrected chi connectivity index (χ3v) is 4.01. The molecule has 1 aromatic rings. The lowest BCUT2D eigenvalue weighted by Crippen LogP contribution is -2.29. The molecule has 3 N–H and O–H groups in total. The van der Waals surface area contributed by atoms with E-state index in [1.807, 2.05) is 12.1 Å². The highest BCUT2D eigenvalue weighted by atomic mass is 35.5. The van der Waals surface area contributed by atoms with Crippen LogP contribution in [0.4, 0.5) is 0 Å². The zero-order valence-electron chi connectivity index (χ0n) is 9.93. The molecule has 0 aliphatic carbocycles. The lowest BCUT2D eigenvalue weighted by molar-refractivity contribution is 0.582. The summed E-state index contributed by atoms with van der Waals surface area (Å²) >= 11 is 5.59. The first-order valence-corrected chi connectivity index (χ1v) is 7.46. The molecular formula is C11H18Cl2N2O2S. The van der Waals surface area contributed by atoms with Gasteiger partial charge in [-0.25, -0.2) is 13.1 Å². The first kappa shape index (κ1) is 17.7. The quantitative estimate of drug-likeness (QED) is 0.750. The van der Waals surface area contributed by atoms with E-state index in [0.717, 1.165) is 18.4 Å². The molecule has 0 radical (unpaired) electrons. The summed E-state index contributed by atoms with van der Waals surface area (Å²) in [6, 6.07) is 6.82. The second-order valence-corrected chi connectivity index (χ2v) is 5.77. The van der Waals surface area contributed by atoms with Gasteiger partial charge in [0, 0.05) is 19.0 Å². The molecule has 1 rings (SSSR count). The molecule has 0 heterocycles. The minimum absolute atomic E-state index is 0. The topological polar surface area (TPSA) is 72.2 Å². The molecule has 0 amide bonds. The normalized spacial score (nSPS) is 11.0. The van der Waals surface area contributed by atoms with E-state index in [2.05, 4.69) is 4.72 Å². The Morgan fingerprint density at radius 3 is 2.33 bits per heavy atom. The molecule has 4 nitrogen and oxygen atoms in total. The number of nitrogens with two attached hydrogens (primary N) is 1. The van der Waals surface area contributed by atoms with Crippen molar-refractivity contribution in [1.29, 1.82) is 0 Å². The Morgan fingerprint density at radius 1 is 1.22 bits per heavy atom. The SMILES string of the molecule is Cl.NCCNS(=O)(=O)c1ccc(CCCCl)cc1. The third-order valence-electron chi connectivity index (χ3n) is 2.27. The minimum Gasteiger partial charge on any atom is -0.329 e. The van der Waals surface area contributed by atoms with Gasteiger partial charge in [0.1, 0.15) is 0 Å². The number of hydrogen-bond donors (Lipinski definition) is 2. The van der Waals surface area contributed by atoms with E-state index in [-0.39, 0.29) is 30.4 Å². The maximum atomic E-state index is 11.7. The number of sulfonamides is 1. The number of rotatable bonds is 7. The molecule has 0 atom stereocenters. The molecule has 18 heavy (non-hydrogen) atoms. The van der Waals surface area contributed by atoms with Gasteiger partial charge in [0.2, 0.25) is 10.0 Å². The minimum atomic E-state index is -3.42. The standard InChI is InChI=1S/C11H17ClN2O2S.ClH/c12-7-1-2-10-3-5-11(6-4-10)17(15,16)14-9-8-13;/h3-6,14H,1-2,7-9,13H2;1H. The summed E-state index contributed by atoms with van der Waals surface area (Å²) in [5.74, 6) is 0.609. The fourth-order valence-electron chi connectivity index (χ4n) is 1.38. The first-order valence-electron chi connectivity index (χ1n) is 5.45. The van der Waals surface area contributed by atoms with Crippen LogP contribution >= 0.6 is 24.0 Å². The Morgan fingerprint density at radius 2 is 1.83 bits per heavy atom. The predicted octanol–water partition coefficient (Wildman–Crippen LogP) is 1.52. The monoisotopic (exact) mass is 312 g/mol. The van der Waals surface area contributed by atoms with E-state index in [0.29, 0.717) is 5.88 Å². The van der Waals surface area contributed by atoms with Crippen molar-refractivity contribution in [3.05, 3.63) is 29.8 Å². The summed E-state index contributed by atoms with van der Waals surface area (Å²) < 4.78 is 25.9. The maximum Gasteiger partial charge on any atom is 0.240 e. The Hall–Kier alpha value is -0.330. The summed E-state index contributed by atoms with van der Waals surface area (Å²) in [6.45, 7) is 0.531. The maximum absolute atomic E-state index is 11.7. The molecule has 104 valence electrons. The van der Waals surface area contributed by atoms with Crippen molar-refractivity contribution < 1.29 is 8.42 Å². The van der Waals surface area contributed by atoms with E-state index in [9.17, 15) is 8.42 Å². The number of benzene rings is 1. The van der Waals surface area contributed by atoms with Gasteiger partial charge in [-0.1, -0.05) is 12.1 Å². The highest BCUT2D eigenvalue weighted by Gasteiger charge is 2.12. The smallest absolute Gasteiger partial charge is 0.240 e. The van der Waals surface area contributed by atoms with Crippen molar-refractivity contribution in [2.45, 2.75) is 17.7 Å². The summed E-state index contributed by atoms with van der Waals surface area (Å²) in [7, 11) is -3.42. The number of halogens is 2. The average molecular weight is 313 g/mol. The van der Waals surface area contributed by atoms with Crippen molar-refractivity contribution in [3.8, 4) is 0 Å². The molecule has 1 aromatic carbocycles. The average Bonchev–Trinajstić information content (AvgIpc) is 2.34. The van der Waals surface area contributed by atoms with E-state index >= 15 is 0 Å². The molecular weight excluding hydrogens is 295 g/mol. The largest absolute Gasteiger partial charge is 0.329 e. The zero-order chi connectivity index (χ0) is 12.7. The molecule has 0 saturated carbocycles. The van der Waals surface area contributed by atoms with Crippen molar-refractivity contribution >= 4 is 34.0 Å². The summed E-state index contributed by atoms with van der Waals surface area (Å²) in [4.78, 5) is 0.264. The van der Waals surface area contributed by atoms with Crippen molar-refractivity contribution in [2.24, 2.45) is 5.73 Å². The molecule has 0 saturated heterocycles. The molecule has 7 heteroatoms. The van der Waals surface area contributed by atoms with E-state index in [1.54, 1.807) is 12.1 Å². The van der Waals surface area contributed by atoms with Gasteiger partial charge in [-0.3, -0.25) is 0 Å². The number of alkyl halides is 1. The van der Waals surface area contributed by atoms with Gasteiger partial charge in [0.25, 0.3) is 0 Å². The van der Waals surface area contributed by atoms with Crippen LogP contribution in [0.1, 0.15) is 12.0 Å². The Balaban J connectivity index is 0.00000289. The van der Waals surface area contributed by atoms with Gasteiger partial charge in [0.05, 0.1) is 4.90 Å². The molecule has 0 aliphatic heterocycles. The van der Waals surface area contributed by atoms with Crippen LogP contribution in [-0.4, -0.2) is 27.4 Å². The Bertz CT molecular complexity index is 435.